The first-order valence-corrected chi connectivity index (χ1v) is 13.0. The van der Waals surface area contributed by atoms with Gasteiger partial charge in [-0.2, -0.15) is 0 Å². The zero-order valence-electron chi connectivity index (χ0n) is 21.5. The number of carboxylic acids is 1. The Labute approximate surface area is 224 Å². The van der Waals surface area contributed by atoms with Gasteiger partial charge < -0.3 is 24.2 Å². The monoisotopic (exact) mass is 533 g/mol. The van der Waals surface area contributed by atoms with Gasteiger partial charge in [0, 0.05) is 23.7 Å². The number of rotatable bonds is 12. The molecule has 1 heterocycles. The summed E-state index contributed by atoms with van der Waals surface area (Å²) >= 11 is 1.21. The van der Waals surface area contributed by atoms with E-state index in [1.54, 1.807) is 28.8 Å². The highest BCUT2D eigenvalue weighted by atomic mass is 32.1. The first-order chi connectivity index (χ1) is 18.3. The molecule has 9 heteroatoms. The van der Waals surface area contributed by atoms with Gasteiger partial charge in [0.2, 0.25) is 0 Å². The lowest BCUT2D eigenvalue weighted by molar-refractivity contribution is -0.320. The number of aryl methyl sites for hydroxylation is 1. The number of thiazole rings is 1. The molecule has 0 unspecified atom stereocenters. The molecular formula is C29H29N2O6S-. The van der Waals surface area contributed by atoms with Crippen LogP contribution in [0.3, 0.4) is 0 Å². The molecule has 3 aromatic carbocycles. The van der Waals surface area contributed by atoms with Gasteiger partial charge in [-0.3, -0.25) is 9.36 Å². The van der Waals surface area contributed by atoms with Crippen LogP contribution in [0.4, 0.5) is 0 Å². The standard InChI is InChI=1S/C29H30N2O6S/c1-29(2,27(32)33)37-23-13-9-12-22(19-23)36-17-8-7-16-31-24-15-14-21(18-25(24)38-28(31)34)26(30-35-3)20-10-5-4-6-11-20/h4-6,9-15,18-19H,7-8,16-17H2,1-3H3,(H,32,33)/p-1/b30-26+. The van der Waals surface area contributed by atoms with Crippen LogP contribution in [0.15, 0.2) is 82.7 Å². The lowest BCUT2D eigenvalue weighted by Crippen LogP contribution is -2.47. The number of ether oxygens (including phenoxy) is 2. The van der Waals surface area contributed by atoms with Gasteiger partial charge in [-0.05, 0) is 51.0 Å². The van der Waals surface area contributed by atoms with Crippen LogP contribution in [0.5, 0.6) is 11.5 Å². The lowest BCUT2D eigenvalue weighted by atomic mass is 10.0. The summed E-state index contributed by atoms with van der Waals surface area (Å²) in [4.78, 5) is 29.0. The van der Waals surface area contributed by atoms with Gasteiger partial charge in [0.15, 0.2) is 0 Å². The van der Waals surface area contributed by atoms with Gasteiger partial charge in [0.1, 0.15) is 29.9 Å². The van der Waals surface area contributed by atoms with Crippen molar-refractivity contribution in [2.24, 2.45) is 5.16 Å². The molecular weight excluding hydrogens is 504 g/mol. The fourth-order valence-corrected chi connectivity index (χ4v) is 4.87. The molecule has 0 radical (unpaired) electrons. The number of unbranched alkanes of at least 4 members (excludes halogenated alkanes) is 1. The maximum absolute atomic E-state index is 12.7. The number of nitrogens with zero attached hydrogens (tertiary/aromatic N) is 2. The number of carbonyl (C=O) groups excluding carboxylic acids is 1. The van der Waals surface area contributed by atoms with Gasteiger partial charge in [-0.1, -0.05) is 59.0 Å². The normalized spacial score (nSPS) is 11.9. The molecule has 0 atom stereocenters. The average Bonchev–Trinajstić information content (AvgIpc) is 3.21. The highest BCUT2D eigenvalue weighted by Crippen LogP contribution is 2.24. The van der Waals surface area contributed by atoms with Crippen molar-refractivity contribution in [1.82, 2.24) is 4.57 Å². The summed E-state index contributed by atoms with van der Waals surface area (Å²) in [5, 5.41) is 15.4. The van der Waals surface area contributed by atoms with Gasteiger partial charge >= 0.3 is 4.87 Å². The zero-order valence-corrected chi connectivity index (χ0v) is 22.3. The second kappa shape index (κ2) is 12.0. The van der Waals surface area contributed by atoms with Gasteiger partial charge in [0.25, 0.3) is 0 Å². The fraction of sp³-hybridized carbons (Fsp3) is 0.276. The first-order valence-electron chi connectivity index (χ1n) is 12.2. The van der Waals surface area contributed by atoms with Crippen LogP contribution in [0.1, 0.15) is 37.8 Å². The van der Waals surface area contributed by atoms with Crippen molar-refractivity contribution in [3.63, 3.8) is 0 Å². The van der Waals surface area contributed by atoms with Crippen molar-refractivity contribution in [3.05, 3.63) is 93.6 Å². The number of carbonyl (C=O) groups is 1. The Morgan fingerprint density at radius 1 is 0.974 bits per heavy atom. The van der Waals surface area contributed by atoms with E-state index in [4.69, 9.17) is 14.3 Å². The van der Waals surface area contributed by atoms with Crippen LogP contribution < -0.4 is 19.5 Å². The summed E-state index contributed by atoms with van der Waals surface area (Å²) in [5.41, 5.74) is 1.95. The molecule has 4 rings (SSSR count). The molecule has 0 aliphatic carbocycles. The van der Waals surface area contributed by atoms with E-state index in [1.807, 2.05) is 48.5 Å². The maximum Gasteiger partial charge on any atom is 0.308 e. The molecule has 8 nitrogen and oxygen atoms in total. The number of aromatic nitrogens is 1. The topological polar surface area (TPSA) is 102 Å². The van der Waals surface area contributed by atoms with Crippen LogP contribution in [0.2, 0.25) is 0 Å². The van der Waals surface area contributed by atoms with Crippen LogP contribution >= 0.6 is 11.3 Å². The molecule has 38 heavy (non-hydrogen) atoms. The minimum Gasteiger partial charge on any atom is -0.546 e. The first kappa shape index (κ1) is 26.9. The molecule has 4 aromatic rings. The van der Waals surface area contributed by atoms with Crippen molar-refractivity contribution < 1.29 is 24.2 Å². The van der Waals surface area contributed by atoms with Crippen molar-refractivity contribution in [2.45, 2.75) is 38.8 Å². The van der Waals surface area contributed by atoms with Crippen molar-refractivity contribution in [3.8, 4) is 11.5 Å². The third-order valence-corrected chi connectivity index (χ3v) is 6.83. The van der Waals surface area contributed by atoms with Crippen molar-refractivity contribution in [1.29, 1.82) is 0 Å². The van der Waals surface area contributed by atoms with E-state index in [0.717, 1.165) is 34.2 Å². The second-order valence-corrected chi connectivity index (χ2v) is 10.1. The van der Waals surface area contributed by atoms with E-state index < -0.39 is 11.6 Å². The van der Waals surface area contributed by atoms with Gasteiger partial charge in [-0.25, -0.2) is 0 Å². The molecule has 0 bridgehead atoms. The van der Waals surface area contributed by atoms with Crippen LogP contribution in [-0.2, 0) is 16.2 Å². The number of hydrogen-bond donors (Lipinski definition) is 0. The van der Waals surface area contributed by atoms with Gasteiger partial charge in [-0.15, -0.1) is 0 Å². The average molecular weight is 534 g/mol. The van der Waals surface area contributed by atoms with E-state index >= 15 is 0 Å². The molecule has 0 saturated carbocycles. The maximum atomic E-state index is 12.7. The third-order valence-electron chi connectivity index (χ3n) is 5.89. The van der Waals surface area contributed by atoms with E-state index in [1.165, 1.54) is 32.3 Å². The number of oxime groups is 1. The van der Waals surface area contributed by atoms with E-state index in [-0.39, 0.29) is 4.87 Å². The predicted octanol–water partition coefficient (Wildman–Crippen LogP) is 4.23. The second-order valence-electron chi connectivity index (χ2n) is 9.12. The summed E-state index contributed by atoms with van der Waals surface area (Å²) in [6.07, 6.45) is 1.48. The molecule has 0 saturated heterocycles. The summed E-state index contributed by atoms with van der Waals surface area (Å²) in [6, 6.07) is 22.5. The smallest absolute Gasteiger partial charge is 0.308 e. The van der Waals surface area contributed by atoms with Crippen LogP contribution in [0.25, 0.3) is 10.2 Å². The minimum absolute atomic E-state index is 0.0107. The van der Waals surface area contributed by atoms with E-state index in [2.05, 4.69) is 5.16 Å². The molecule has 1 aromatic heterocycles. The molecule has 0 fully saturated rings. The van der Waals surface area contributed by atoms with Gasteiger partial charge in [0.05, 0.1) is 22.8 Å². The SMILES string of the molecule is CO/N=C(\c1ccccc1)c1ccc2c(c1)sc(=O)n2CCCCOc1cccc(OC(C)(C)C(=O)[O-])c1. The highest BCUT2D eigenvalue weighted by Gasteiger charge is 2.21. The van der Waals surface area contributed by atoms with Crippen LogP contribution in [0, 0.1) is 0 Å². The van der Waals surface area contributed by atoms with Crippen LogP contribution in [-0.4, -0.2) is 35.6 Å². The number of carboxylic acid groups (broad SMARTS) is 1. The summed E-state index contributed by atoms with van der Waals surface area (Å²) in [6.45, 7) is 3.88. The number of hydrogen-bond acceptors (Lipinski definition) is 8. The Hall–Kier alpha value is -4.11. The lowest BCUT2D eigenvalue weighted by Gasteiger charge is -2.27. The molecule has 0 amide bonds. The number of benzene rings is 3. The van der Waals surface area contributed by atoms with Crippen molar-refractivity contribution in [2.75, 3.05) is 13.7 Å². The molecule has 0 N–H and O–H groups in total. The molecule has 0 aliphatic rings. The Morgan fingerprint density at radius 3 is 2.47 bits per heavy atom. The summed E-state index contributed by atoms with van der Waals surface area (Å²) in [7, 11) is 1.52. The Balaban J connectivity index is 1.37. The summed E-state index contributed by atoms with van der Waals surface area (Å²) < 4.78 is 14.0. The molecule has 0 aliphatic heterocycles. The molecule has 0 spiro atoms. The van der Waals surface area contributed by atoms with E-state index in [0.29, 0.717) is 30.4 Å². The van der Waals surface area contributed by atoms with Crippen molar-refractivity contribution >= 4 is 33.2 Å². The minimum atomic E-state index is -1.45. The molecule has 198 valence electrons. The zero-order chi connectivity index (χ0) is 27.1. The summed E-state index contributed by atoms with van der Waals surface area (Å²) in [5.74, 6) is -0.330. The Morgan fingerprint density at radius 2 is 1.74 bits per heavy atom. The highest BCUT2D eigenvalue weighted by molar-refractivity contribution is 7.16. The fourth-order valence-electron chi connectivity index (χ4n) is 3.91. The third kappa shape index (κ3) is 6.41. The number of aliphatic carboxylic acids is 1. The number of fused-ring (bicyclic) bond motifs is 1. The largest absolute Gasteiger partial charge is 0.546 e. The predicted molar refractivity (Wildman–Crippen MR) is 146 cm³/mol. The Bertz CT molecular complexity index is 1490. The quantitative estimate of drug-likeness (QED) is 0.153. The van der Waals surface area contributed by atoms with E-state index in [9.17, 15) is 14.7 Å². The Kier molecular flexibility index (Phi) is 8.48.